The van der Waals surface area contributed by atoms with Gasteiger partial charge in [-0.15, -0.1) is 24.2 Å². The van der Waals surface area contributed by atoms with Crippen molar-refractivity contribution < 1.29 is 14.1 Å². The Labute approximate surface area is 146 Å². The molecule has 7 nitrogen and oxygen atoms in total. The number of aromatic nitrogens is 1. The maximum atomic E-state index is 11.7. The molecule has 0 spiro atoms. The van der Waals surface area contributed by atoms with Gasteiger partial charge in [0.15, 0.2) is 5.82 Å². The monoisotopic (exact) mass is 362 g/mol. The van der Waals surface area contributed by atoms with Crippen LogP contribution in [-0.4, -0.2) is 48.1 Å². The topological polar surface area (TPSA) is 96.3 Å². The lowest BCUT2D eigenvalue weighted by atomic mass is 10.1. The highest BCUT2D eigenvalue weighted by molar-refractivity contribution is 8.00. The van der Waals surface area contributed by atoms with Crippen LogP contribution < -0.4 is 16.0 Å². The van der Waals surface area contributed by atoms with Crippen LogP contribution in [0.3, 0.4) is 0 Å². The van der Waals surface area contributed by atoms with Crippen molar-refractivity contribution in [1.82, 2.24) is 15.8 Å². The van der Waals surface area contributed by atoms with E-state index in [1.807, 2.05) is 0 Å². The van der Waals surface area contributed by atoms with E-state index in [1.165, 1.54) is 18.2 Å². The Kier molecular flexibility index (Phi) is 9.05. The molecule has 0 aliphatic carbocycles. The highest BCUT2D eigenvalue weighted by Gasteiger charge is 2.14. The molecule has 0 aromatic carbocycles. The van der Waals surface area contributed by atoms with E-state index in [9.17, 15) is 9.59 Å². The minimum Gasteiger partial charge on any atom is -0.360 e. The van der Waals surface area contributed by atoms with Crippen molar-refractivity contribution in [3.63, 3.8) is 0 Å². The quantitative estimate of drug-likeness (QED) is 0.643. The molecule has 23 heavy (non-hydrogen) atoms. The Morgan fingerprint density at radius 1 is 1.43 bits per heavy atom. The van der Waals surface area contributed by atoms with Gasteiger partial charge >= 0.3 is 0 Å². The Balaban J connectivity index is 0.00000264. The van der Waals surface area contributed by atoms with Gasteiger partial charge in [-0.1, -0.05) is 5.16 Å². The van der Waals surface area contributed by atoms with Gasteiger partial charge in [0, 0.05) is 12.6 Å². The fraction of sp³-hybridized carbons (Fsp3) is 0.643. The third-order valence-corrected chi connectivity index (χ3v) is 4.33. The standard InChI is InChI=1S/C14H22N4O3S.ClH/c1-10-6-12(18-21-10)17-14(20)9-22-8-13(19)16-5-3-11-2-4-15-7-11;/h6,11,15H,2-5,7-9H2,1H3,(H,16,19)(H,17,18,20);1H. The highest BCUT2D eigenvalue weighted by Crippen LogP contribution is 2.11. The maximum absolute atomic E-state index is 11.7. The van der Waals surface area contributed by atoms with Crippen molar-refractivity contribution >= 4 is 41.8 Å². The molecule has 1 aromatic rings. The maximum Gasteiger partial charge on any atom is 0.235 e. The molecule has 0 saturated carbocycles. The number of amides is 2. The van der Waals surface area contributed by atoms with Crippen LogP contribution in [0.2, 0.25) is 0 Å². The number of thioether (sulfide) groups is 1. The van der Waals surface area contributed by atoms with Crippen LogP contribution in [0.5, 0.6) is 0 Å². The van der Waals surface area contributed by atoms with E-state index in [4.69, 9.17) is 4.52 Å². The number of aryl methyl sites for hydroxylation is 1. The lowest BCUT2D eigenvalue weighted by Gasteiger charge is -2.09. The number of carbonyl (C=O) groups excluding carboxylic acids is 2. The number of halogens is 1. The van der Waals surface area contributed by atoms with Crippen molar-refractivity contribution in [3.05, 3.63) is 11.8 Å². The Morgan fingerprint density at radius 2 is 2.22 bits per heavy atom. The average molecular weight is 363 g/mol. The molecule has 1 unspecified atom stereocenters. The molecule has 1 saturated heterocycles. The molecule has 1 aliphatic heterocycles. The van der Waals surface area contributed by atoms with Gasteiger partial charge in [0.1, 0.15) is 5.76 Å². The fourth-order valence-electron chi connectivity index (χ4n) is 2.27. The van der Waals surface area contributed by atoms with E-state index in [0.29, 0.717) is 24.0 Å². The SMILES string of the molecule is Cc1cc(NC(=O)CSCC(=O)NCCC2CCNC2)no1.Cl. The van der Waals surface area contributed by atoms with Gasteiger partial charge in [-0.25, -0.2) is 0 Å². The highest BCUT2D eigenvalue weighted by atomic mass is 35.5. The van der Waals surface area contributed by atoms with Gasteiger partial charge in [-0.05, 0) is 38.8 Å². The second-order valence-corrected chi connectivity index (χ2v) is 6.35. The summed E-state index contributed by atoms with van der Waals surface area (Å²) in [7, 11) is 0. The smallest absolute Gasteiger partial charge is 0.235 e. The second kappa shape index (κ2) is 10.5. The van der Waals surface area contributed by atoms with E-state index >= 15 is 0 Å². The summed E-state index contributed by atoms with van der Waals surface area (Å²) in [5.74, 6) is 1.99. The van der Waals surface area contributed by atoms with Gasteiger partial charge in [0.2, 0.25) is 11.8 Å². The van der Waals surface area contributed by atoms with Gasteiger partial charge in [0.05, 0.1) is 11.5 Å². The minimum atomic E-state index is -0.192. The molecule has 1 aromatic heterocycles. The van der Waals surface area contributed by atoms with E-state index in [-0.39, 0.29) is 35.7 Å². The molecule has 2 heterocycles. The number of anilines is 1. The van der Waals surface area contributed by atoms with Gasteiger partial charge in [-0.3, -0.25) is 9.59 Å². The van der Waals surface area contributed by atoms with Crippen LogP contribution in [0, 0.1) is 12.8 Å². The van der Waals surface area contributed by atoms with E-state index in [0.717, 1.165) is 19.5 Å². The first kappa shape index (κ1) is 19.8. The molecule has 1 atom stereocenters. The zero-order valence-corrected chi connectivity index (χ0v) is 14.7. The number of rotatable bonds is 8. The van der Waals surface area contributed by atoms with Crippen LogP contribution >= 0.6 is 24.2 Å². The first-order chi connectivity index (χ1) is 10.6. The minimum absolute atomic E-state index is 0. The molecule has 3 N–H and O–H groups in total. The van der Waals surface area contributed by atoms with Gasteiger partial charge < -0.3 is 20.5 Å². The molecule has 9 heteroatoms. The summed E-state index contributed by atoms with van der Waals surface area (Å²) in [6.45, 7) is 4.58. The van der Waals surface area contributed by atoms with Crippen molar-refractivity contribution in [3.8, 4) is 0 Å². The number of nitrogens with one attached hydrogen (secondary N) is 3. The zero-order chi connectivity index (χ0) is 15.8. The number of hydrogen-bond acceptors (Lipinski definition) is 6. The Hall–Kier alpha value is -1.25. The zero-order valence-electron chi connectivity index (χ0n) is 13.1. The summed E-state index contributed by atoms with van der Waals surface area (Å²) < 4.78 is 4.85. The number of nitrogens with zero attached hydrogens (tertiary/aromatic N) is 1. The van der Waals surface area contributed by atoms with Crippen molar-refractivity contribution in [2.75, 3.05) is 36.5 Å². The predicted molar refractivity (Wildman–Crippen MR) is 93.0 cm³/mol. The molecule has 2 amide bonds. The number of carbonyl (C=O) groups is 2. The fourth-order valence-corrected chi connectivity index (χ4v) is 2.92. The first-order valence-electron chi connectivity index (χ1n) is 7.42. The van der Waals surface area contributed by atoms with E-state index < -0.39 is 0 Å². The largest absolute Gasteiger partial charge is 0.360 e. The molecule has 1 aliphatic rings. The molecule has 0 radical (unpaired) electrons. The Morgan fingerprint density at radius 3 is 2.87 bits per heavy atom. The second-order valence-electron chi connectivity index (χ2n) is 5.36. The van der Waals surface area contributed by atoms with Crippen molar-refractivity contribution in [2.45, 2.75) is 19.8 Å². The molecule has 1 fully saturated rings. The predicted octanol–water partition coefficient (Wildman–Crippen LogP) is 1.19. The summed E-state index contributed by atoms with van der Waals surface area (Å²) in [5.41, 5.74) is 0. The molecular weight excluding hydrogens is 340 g/mol. The van der Waals surface area contributed by atoms with Crippen molar-refractivity contribution in [2.24, 2.45) is 5.92 Å². The van der Waals surface area contributed by atoms with Crippen LogP contribution in [0.4, 0.5) is 5.82 Å². The Bertz CT molecular complexity index is 506. The number of hydrogen-bond donors (Lipinski definition) is 3. The summed E-state index contributed by atoms with van der Waals surface area (Å²) >= 11 is 1.28. The summed E-state index contributed by atoms with van der Waals surface area (Å²) in [5, 5.41) is 12.5. The van der Waals surface area contributed by atoms with Gasteiger partial charge in [-0.2, -0.15) is 0 Å². The first-order valence-corrected chi connectivity index (χ1v) is 8.57. The summed E-state index contributed by atoms with van der Waals surface area (Å²) in [4.78, 5) is 23.3. The van der Waals surface area contributed by atoms with Crippen LogP contribution in [-0.2, 0) is 9.59 Å². The van der Waals surface area contributed by atoms with Crippen LogP contribution in [0.15, 0.2) is 10.6 Å². The van der Waals surface area contributed by atoms with Gasteiger partial charge in [0.25, 0.3) is 0 Å². The third-order valence-electron chi connectivity index (χ3n) is 3.40. The molecule has 2 rings (SSSR count). The lowest BCUT2D eigenvalue weighted by molar-refractivity contribution is -0.118. The summed E-state index contributed by atoms with van der Waals surface area (Å²) in [6.07, 6.45) is 2.20. The van der Waals surface area contributed by atoms with Crippen LogP contribution in [0.25, 0.3) is 0 Å². The molecule has 130 valence electrons. The third kappa shape index (κ3) is 7.71. The average Bonchev–Trinajstić information content (AvgIpc) is 3.11. The lowest BCUT2D eigenvalue weighted by Crippen LogP contribution is -2.28. The molecular formula is C14H23ClN4O3S. The van der Waals surface area contributed by atoms with E-state index in [2.05, 4.69) is 21.1 Å². The van der Waals surface area contributed by atoms with E-state index in [1.54, 1.807) is 13.0 Å². The van der Waals surface area contributed by atoms with Crippen molar-refractivity contribution in [1.29, 1.82) is 0 Å². The van der Waals surface area contributed by atoms with Crippen LogP contribution in [0.1, 0.15) is 18.6 Å². The summed E-state index contributed by atoms with van der Waals surface area (Å²) in [6, 6.07) is 1.65. The molecule has 0 bridgehead atoms. The normalized spacial score (nSPS) is 16.7.